The maximum absolute atomic E-state index is 12.0. The molecule has 0 fully saturated rings. The molecular weight excluding hydrogens is 258 g/mol. The summed E-state index contributed by atoms with van der Waals surface area (Å²) in [6.45, 7) is 1.84. The summed E-state index contributed by atoms with van der Waals surface area (Å²) in [5, 5.41) is 11.5. The van der Waals surface area contributed by atoms with Crippen molar-refractivity contribution in [2.75, 3.05) is 5.75 Å². The highest BCUT2D eigenvalue weighted by molar-refractivity contribution is 7.99. The predicted molar refractivity (Wildman–Crippen MR) is 63.8 cm³/mol. The van der Waals surface area contributed by atoms with Gasteiger partial charge < -0.3 is 10.4 Å². The predicted octanol–water partition coefficient (Wildman–Crippen LogP) is -0.448. The van der Waals surface area contributed by atoms with E-state index >= 15 is 0 Å². The van der Waals surface area contributed by atoms with Crippen molar-refractivity contribution >= 4 is 23.6 Å². The quantitative estimate of drug-likeness (QED) is 0.721. The van der Waals surface area contributed by atoms with E-state index in [1.165, 1.54) is 29.4 Å². The molecule has 2 rings (SSSR count). The highest BCUT2D eigenvalue weighted by atomic mass is 32.2. The summed E-state index contributed by atoms with van der Waals surface area (Å²) in [5.41, 5.74) is -0.561. The second kappa shape index (κ2) is 4.81. The molecule has 0 aromatic carbocycles. The van der Waals surface area contributed by atoms with E-state index in [1.807, 2.05) is 0 Å². The van der Waals surface area contributed by atoms with E-state index in [0.717, 1.165) is 5.75 Å². The maximum Gasteiger partial charge on any atom is 0.325 e. The molecule has 1 aliphatic rings. The minimum atomic E-state index is -1.16. The van der Waals surface area contributed by atoms with Crippen LogP contribution in [0.1, 0.15) is 17.3 Å². The molecule has 1 aromatic heterocycles. The van der Waals surface area contributed by atoms with Gasteiger partial charge in [0.15, 0.2) is 5.16 Å². The first-order chi connectivity index (χ1) is 8.50. The largest absolute Gasteiger partial charge is 0.480 e. The van der Waals surface area contributed by atoms with Gasteiger partial charge in [-0.05, 0) is 6.92 Å². The van der Waals surface area contributed by atoms with Crippen LogP contribution >= 0.6 is 11.8 Å². The van der Waals surface area contributed by atoms with Gasteiger partial charge in [0.05, 0.1) is 0 Å². The average Bonchev–Trinajstić information content (AvgIpc) is 2.78. The number of nitrogens with zero attached hydrogens (tertiary/aromatic N) is 2. The van der Waals surface area contributed by atoms with Crippen molar-refractivity contribution < 1.29 is 14.7 Å². The first-order valence-corrected chi connectivity index (χ1v) is 6.25. The molecular formula is C10H11N3O4S. The zero-order chi connectivity index (χ0) is 13.3. The van der Waals surface area contributed by atoms with E-state index in [9.17, 15) is 14.4 Å². The molecule has 0 saturated heterocycles. The minimum Gasteiger partial charge on any atom is -0.480 e. The Morgan fingerprint density at radius 1 is 1.61 bits per heavy atom. The van der Waals surface area contributed by atoms with Crippen LogP contribution in [0.2, 0.25) is 0 Å². The Morgan fingerprint density at radius 2 is 2.33 bits per heavy atom. The molecule has 7 nitrogen and oxygen atoms in total. The van der Waals surface area contributed by atoms with Crippen LogP contribution in [0.5, 0.6) is 0 Å². The van der Waals surface area contributed by atoms with E-state index in [1.54, 1.807) is 0 Å². The Kier molecular flexibility index (Phi) is 3.37. The van der Waals surface area contributed by atoms with E-state index in [-0.39, 0.29) is 5.56 Å². The number of hydrogen-bond donors (Lipinski definition) is 2. The third-order valence-electron chi connectivity index (χ3n) is 2.52. The molecule has 1 aliphatic heterocycles. The van der Waals surface area contributed by atoms with Crippen molar-refractivity contribution in [1.29, 1.82) is 0 Å². The number of carboxylic acid groups (broad SMARTS) is 1. The SMILES string of the molecule is C[C@H](NC(=O)c1cnc2n(c1=O)CCS2)C(=O)O. The summed E-state index contributed by atoms with van der Waals surface area (Å²) < 4.78 is 1.42. The first kappa shape index (κ1) is 12.6. The zero-order valence-corrected chi connectivity index (χ0v) is 10.4. The number of aromatic nitrogens is 2. The Bertz CT molecular complexity index is 569. The smallest absolute Gasteiger partial charge is 0.325 e. The number of nitrogens with one attached hydrogen (secondary N) is 1. The van der Waals surface area contributed by atoms with Gasteiger partial charge in [0.1, 0.15) is 11.6 Å². The third-order valence-corrected chi connectivity index (χ3v) is 3.49. The van der Waals surface area contributed by atoms with E-state index in [2.05, 4.69) is 10.3 Å². The van der Waals surface area contributed by atoms with Crippen molar-refractivity contribution in [2.24, 2.45) is 0 Å². The molecule has 0 saturated carbocycles. The number of rotatable bonds is 3. The first-order valence-electron chi connectivity index (χ1n) is 5.27. The Hall–Kier alpha value is -1.83. The number of fused-ring (bicyclic) bond motifs is 1. The average molecular weight is 269 g/mol. The number of carbonyl (C=O) groups is 2. The van der Waals surface area contributed by atoms with Crippen molar-refractivity contribution in [3.05, 3.63) is 22.1 Å². The van der Waals surface area contributed by atoms with Gasteiger partial charge in [-0.1, -0.05) is 11.8 Å². The van der Waals surface area contributed by atoms with Gasteiger partial charge in [-0.3, -0.25) is 19.0 Å². The lowest BCUT2D eigenvalue weighted by atomic mass is 10.2. The number of hydrogen-bond acceptors (Lipinski definition) is 5. The van der Waals surface area contributed by atoms with Crippen LogP contribution in [0, 0.1) is 0 Å². The van der Waals surface area contributed by atoms with Gasteiger partial charge in [0.25, 0.3) is 11.5 Å². The summed E-state index contributed by atoms with van der Waals surface area (Å²) in [4.78, 5) is 38.3. The standard InChI is InChI=1S/C10H11N3O4S/c1-5(9(16)17)12-7(14)6-4-11-10-13(8(6)15)2-3-18-10/h4-5H,2-3H2,1H3,(H,12,14)(H,16,17)/t5-/m0/s1. The lowest BCUT2D eigenvalue weighted by Crippen LogP contribution is -2.41. The molecule has 1 amide bonds. The van der Waals surface area contributed by atoms with Gasteiger partial charge >= 0.3 is 5.97 Å². The van der Waals surface area contributed by atoms with Crippen LogP contribution in [0.25, 0.3) is 0 Å². The van der Waals surface area contributed by atoms with Gasteiger partial charge in [-0.25, -0.2) is 4.98 Å². The molecule has 0 radical (unpaired) electrons. The van der Waals surface area contributed by atoms with Crippen LogP contribution in [0.15, 0.2) is 16.1 Å². The lowest BCUT2D eigenvalue weighted by Gasteiger charge is -2.09. The fraction of sp³-hybridized carbons (Fsp3) is 0.400. The zero-order valence-electron chi connectivity index (χ0n) is 9.54. The molecule has 1 aromatic rings. The summed E-state index contributed by atoms with van der Waals surface area (Å²) in [6.07, 6.45) is 1.19. The maximum atomic E-state index is 12.0. The Labute approximate surface area is 106 Å². The van der Waals surface area contributed by atoms with Gasteiger partial charge in [-0.2, -0.15) is 0 Å². The highest BCUT2D eigenvalue weighted by Crippen LogP contribution is 2.20. The van der Waals surface area contributed by atoms with Crippen LogP contribution in [-0.4, -0.2) is 38.3 Å². The summed E-state index contributed by atoms with van der Waals surface area (Å²) >= 11 is 1.45. The van der Waals surface area contributed by atoms with Crippen LogP contribution in [0.3, 0.4) is 0 Å². The Balaban J connectivity index is 2.27. The van der Waals surface area contributed by atoms with Gasteiger partial charge in [-0.15, -0.1) is 0 Å². The number of carbonyl (C=O) groups excluding carboxylic acids is 1. The second-order valence-corrected chi connectivity index (χ2v) is 4.86. The lowest BCUT2D eigenvalue weighted by molar-refractivity contribution is -0.138. The van der Waals surface area contributed by atoms with Gasteiger partial charge in [0, 0.05) is 18.5 Å². The molecule has 0 unspecified atom stereocenters. The van der Waals surface area contributed by atoms with Crippen molar-refractivity contribution in [3.8, 4) is 0 Å². The molecule has 2 heterocycles. The van der Waals surface area contributed by atoms with Crippen molar-refractivity contribution in [3.63, 3.8) is 0 Å². The molecule has 2 N–H and O–H groups in total. The van der Waals surface area contributed by atoms with Crippen molar-refractivity contribution in [1.82, 2.24) is 14.9 Å². The number of amides is 1. The molecule has 0 bridgehead atoms. The number of aliphatic carboxylic acids is 1. The number of thioether (sulfide) groups is 1. The van der Waals surface area contributed by atoms with E-state index in [0.29, 0.717) is 11.7 Å². The Morgan fingerprint density at radius 3 is 3.00 bits per heavy atom. The summed E-state index contributed by atoms with van der Waals surface area (Å²) in [5.74, 6) is -1.12. The molecule has 18 heavy (non-hydrogen) atoms. The highest BCUT2D eigenvalue weighted by Gasteiger charge is 2.22. The molecule has 1 atom stereocenters. The van der Waals surface area contributed by atoms with Crippen LogP contribution in [-0.2, 0) is 11.3 Å². The topological polar surface area (TPSA) is 101 Å². The normalized spacial score (nSPS) is 14.9. The van der Waals surface area contributed by atoms with Gasteiger partial charge in [0.2, 0.25) is 0 Å². The molecule has 8 heteroatoms. The van der Waals surface area contributed by atoms with Crippen LogP contribution in [0.4, 0.5) is 0 Å². The molecule has 0 aliphatic carbocycles. The third kappa shape index (κ3) is 2.23. The monoisotopic (exact) mass is 269 g/mol. The van der Waals surface area contributed by atoms with Crippen molar-refractivity contribution in [2.45, 2.75) is 24.7 Å². The van der Waals surface area contributed by atoms with E-state index in [4.69, 9.17) is 5.11 Å². The molecule has 96 valence electrons. The summed E-state index contributed by atoms with van der Waals surface area (Å²) in [6, 6.07) is -1.05. The summed E-state index contributed by atoms with van der Waals surface area (Å²) in [7, 11) is 0. The van der Waals surface area contributed by atoms with E-state index < -0.39 is 23.5 Å². The fourth-order valence-corrected chi connectivity index (χ4v) is 2.42. The minimum absolute atomic E-state index is 0.130. The second-order valence-electron chi connectivity index (χ2n) is 3.79. The number of carboxylic acids is 1. The molecule has 0 spiro atoms. The fourth-order valence-electron chi connectivity index (χ4n) is 1.51. The van der Waals surface area contributed by atoms with Crippen LogP contribution < -0.4 is 10.9 Å².